The van der Waals surface area contributed by atoms with Crippen molar-refractivity contribution < 1.29 is 4.39 Å². The van der Waals surface area contributed by atoms with Crippen LogP contribution in [0.25, 0.3) is 16.6 Å². The van der Waals surface area contributed by atoms with Gasteiger partial charge in [-0.2, -0.15) is 9.78 Å². The normalized spacial score (nSPS) is 12.2. The quantitative estimate of drug-likeness (QED) is 0.386. The Morgan fingerprint density at radius 3 is 2.53 bits per heavy atom. The number of fused-ring (bicyclic) bond motifs is 1. The van der Waals surface area contributed by atoms with E-state index in [0.29, 0.717) is 16.7 Å². The Hall–Kier alpha value is -3.06. The second-order valence-electron chi connectivity index (χ2n) is 7.99. The molecule has 0 fully saturated rings. The molecule has 0 bridgehead atoms. The summed E-state index contributed by atoms with van der Waals surface area (Å²) in [5.74, 6) is 0.273. The van der Waals surface area contributed by atoms with Crippen LogP contribution in [0.3, 0.4) is 0 Å². The van der Waals surface area contributed by atoms with Crippen molar-refractivity contribution in [3.63, 3.8) is 0 Å². The summed E-state index contributed by atoms with van der Waals surface area (Å²) in [6.45, 7) is 5.98. The van der Waals surface area contributed by atoms with Crippen molar-refractivity contribution >= 4 is 33.0 Å². The van der Waals surface area contributed by atoms with Crippen molar-refractivity contribution in [3.05, 3.63) is 93.0 Å². The van der Waals surface area contributed by atoms with Crippen molar-refractivity contribution in [2.45, 2.75) is 26.2 Å². The molecule has 0 unspecified atom stereocenters. The third-order valence-corrected chi connectivity index (χ3v) is 5.16. The van der Waals surface area contributed by atoms with Crippen LogP contribution < -0.4 is 5.56 Å². The van der Waals surface area contributed by atoms with Gasteiger partial charge in [0.1, 0.15) is 11.6 Å². The molecule has 0 N–H and O–H groups in total. The second-order valence-corrected chi connectivity index (χ2v) is 8.90. The van der Waals surface area contributed by atoms with Crippen LogP contribution in [0.1, 0.15) is 32.3 Å². The fraction of sp³-hybridized carbons (Fsp3) is 0.174. The molecular weight excluding hydrogens is 447 g/mol. The maximum atomic E-state index is 13.3. The maximum Gasteiger partial charge on any atom is 0.282 e. The highest BCUT2D eigenvalue weighted by molar-refractivity contribution is 9.10. The average molecular weight is 467 g/mol. The monoisotopic (exact) mass is 466 g/mol. The van der Waals surface area contributed by atoms with Gasteiger partial charge in [-0.25, -0.2) is 9.37 Å². The predicted octanol–water partition coefficient (Wildman–Crippen LogP) is 5.27. The van der Waals surface area contributed by atoms with Crippen LogP contribution in [0, 0.1) is 5.82 Å². The molecule has 0 radical (unpaired) electrons. The molecule has 0 amide bonds. The van der Waals surface area contributed by atoms with E-state index in [1.54, 1.807) is 24.4 Å². The highest BCUT2D eigenvalue weighted by atomic mass is 79.9. The van der Waals surface area contributed by atoms with Crippen molar-refractivity contribution in [3.8, 4) is 5.69 Å². The van der Waals surface area contributed by atoms with E-state index in [1.165, 1.54) is 16.8 Å². The summed E-state index contributed by atoms with van der Waals surface area (Å²) in [4.78, 5) is 18.0. The molecule has 0 aliphatic rings. The topological polar surface area (TPSA) is 52.2 Å². The third kappa shape index (κ3) is 3.85. The molecule has 0 aliphatic heterocycles. The third-order valence-electron chi connectivity index (χ3n) is 4.67. The summed E-state index contributed by atoms with van der Waals surface area (Å²) < 4.78 is 17.3. The summed E-state index contributed by atoms with van der Waals surface area (Å²) in [7, 11) is 0. The molecule has 30 heavy (non-hydrogen) atoms. The number of nitrogens with zero attached hydrogens (tertiary/aromatic N) is 4. The van der Waals surface area contributed by atoms with Crippen molar-refractivity contribution in [1.29, 1.82) is 0 Å². The van der Waals surface area contributed by atoms with E-state index in [4.69, 9.17) is 4.98 Å². The largest absolute Gasteiger partial charge is 0.316 e. The molecule has 0 aliphatic carbocycles. The molecular formula is C23H20BrFN4O. The molecule has 0 saturated carbocycles. The maximum absolute atomic E-state index is 13.3. The lowest BCUT2D eigenvalue weighted by atomic mass is 9.95. The fourth-order valence-electron chi connectivity index (χ4n) is 3.19. The standard InChI is InChI=1S/C23H20BrFN4O/c1-23(2,3)22-27-20-11-6-15(24)13-19(20)21(30)29(22)26-14-18-5-4-12-28(18)17-9-7-16(25)8-10-17/h4-14H,1-3H3. The minimum Gasteiger partial charge on any atom is -0.316 e. The molecule has 5 nitrogen and oxygen atoms in total. The Balaban J connectivity index is 1.86. The zero-order chi connectivity index (χ0) is 21.5. The van der Waals surface area contributed by atoms with Crippen molar-refractivity contribution in [2.75, 3.05) is 0 Å². The number of aromatic nitrogens is 3. The van der Waals surface area contributed by atoms with Gasteiger partial charge in [-0.1, -0.05) is 36.7 Å². The van der Waals surface area contributed by atoms with Gasteiger partial charge in [0.2, 0.25) is 0 Å². The first kappa shape index (κ1) is 20.2. The van der Waals surface area contributed by atoms with Gasteiger partial charge in [-0.3, -0.25) is 4.79 Å². The van der Waals surface area contributed by atoms with Crippen molar-refractivity contribution in [1.82, 2.24) is 14.2 Å². The zero-order valence-corrected chi connectivity index (χ0v) is 18.4. The SMILES string of the molecule is CC(C)(C)c1nc2ccc(Br)cc2c(=O)n1N=Cc1cccn1-c1ccc(F)cc1. The van der Waals surface area contributed by atoms with Gasteiger partial charge >= 0.3 is 0 Å². The number of hydrogen-bond acceptors (Lipinski definition) is 3. The van der Waals surface area contributed by atoms with Crippen LogP contribution in [-0.2, 0) is 5.41 Å². The molecule has 4 rings (SSSR count). The summed E-state index contributed by atoms with van der Waals surface area (Å²) in [5, 5.41) is 4.99. The average Bonchev–Trinajstić information content (AvgIpc) is 3.16. The highest BCUT2D eigenvalue weighted by Gasteiger charge is 2.23. The fourth-order valence-corrected chi connectivity index (χ4v) is 3.56. The van der Waals surface area contributed by atoms with Gasteiger partial charge in [0, 0.05) is 21.8 Å². The minimum atomic E-state index is -0.392. The predicted molar refractivity (Wildman–Crippen MR) is 121 cm³/mol. The van der Waals surface area contributed by atoms with E-state index >= 15 is 0 Å². The van der Waals surface area contributed by atoms with Gasteiger partial charge in [0.05, 0.1) is 22.8 Å². The molecule has 0 atom stereocenters. The van der Waals surface area contributed by atoms with E-state index < -0.39 is 5.41 Å². The Labute approximate surface area is 181 Å². The molecule has 2 aromatic carbocycles. The lowest BCUT2D eigenvalue weighted by molar-refractivity contribution is 0.506. The molecule has 152 valence electrons. The summed E-state index contributed by atoms with van der Waals surface area (Å²) in [6, 6.07) is 15.4. The van der Waals surface area contributed by atoms with Gasteiger partial charge < -0.3 is 4.57 Å². The van der Waals surface area contributed by atoms with E-state index in [2.05, 4.69) is 21.0 Å². The Bertz CT molecular complexity index is 1310. The molecule has 0 spiro atoms. The van der Waals surface area contributed by atoms with Gasteiger partial charge in [-0.15, -0.1) is 0 Å². The molecule has 4 aromatic rings. The van der Waals surface area contributed by atoms with Gasteiger partial charge in [0.15, 0.2) is 0 Å². The van der Waals surface area contributed by atoms with E-state index in [0.717, 1.165) is 15.9 Å². The van der Waals surface area contributed by atoms with Gasteiger partial charge in [-0.05, 0) is 54.6 Å². The van der Waals surface area contributed by atoms with Crippen LogP contribution in [0.4, 0.5) is 4.39 Å². The smallest absolute Gasteiger partial charge is 0.282 e. The van der Waals surface area contributed by atoms with Crippen LogP contribution in [0.15, 0.2) is 75.2 Å². The Morgan fingerprint density at radius 1 is 1.10 bits per heavy atom. The molecule has 0 saturated heterocycles. The number of rotatable bonds is 3. The number of halogens is 2. The summed E-state index contributed by atoms with van der Waals surface area (Å²) >= 11 is 3.42. The van der Waals surface area contributed by atoms with E-state index in [1.807, 2.05) is 55.8 Å². The number of benzene rings is 2. The van der Waals surface area contributed by atoms with Crippen LogP contribution in [0.5, 0.6) is 0 Å². The molecule has 2 aromatic heterocycles. The minimum absolute atomic E-state index is 0.234. The second kappa shape index (κ2) is 7.65. The molecule has 7 heteroatoms. The molecule has 2 heterocycles. The first-order chi connectivity index (χ1) is 14.2. The lowest BCUT2D eigenvalue weighted by Crippen LogP contribution is -2.29. The highest BCUT2D eigenvalue weighted by Crippen LogP contribution is 2.23. The number of hydrogen-bond donors (Lipinski definition) is 0. The van der Waals surface area contributed by atoms with Crippen LogP contribution in [-0.4, -0.2) is 20.4 Å². The van der Waals surface area contributed by atoms with E-state index in [9.17, 15) is 9.18 Å². The summed E-state index contributed by atoms with van der Waals surface area (Å²) in [5.41, 5.74) is 1.56. The zero-order valence-electron chi connectivity index (χ0n) is 16.8. The van der Waals surface area contributed by atoms with Gasteiger partial charge in [0.25, 0.3) is 5.56 Å². The van der Waals surface area contributed by atoms with Crippen LogP contribution in [0.2, 0.25) is 0 Å². The first-order valence-corrected chi connectivity index (χ1v) is 10.2. The van der Waals surface area contributed by atoms with Crippen molar-refractivity contribution in [2.24, 2.45) is 5.10 Å². The summed E-state index contributed by atoms with van der Waals surface area (Å²) in [6.07, 6.45) is 3.48. The first-order valence-electron chi connectivity index (χ1n) is 9.44. The lowest BCUT2D eigenvalue weighted by Gasteiger charge is -2.20. The Kier molecular flexibility index (Phi) is 5.15. The van der Waals surface area contributed by atoms with E-state index in [-0.39, 0.29) is 11.4 Å². The van der Waals surface area contributed by atoms with Crippen LogP contribution >= 0.6 is 15.9 Å². The Morgan fingerprint density at radius 2 is 1.83 bits per heavy atom.